The number of carbonyl (C=O) groups is 1. The molecule has 0 saturated carbocycles. The fourth-order valence-electron chi connectivity index (χ4n) is 3.18. The van der Waals surface area contributed by atoms with Crippen LogP contribution in [0.1, 0.15) is 15.9 Å². The molecule has 1 aliphatic heterocycles. The molecule has 0 amide bonds. The van der Waals surface area contributed by atoms with Crippen LogP contribution in [-0.4, -0.2) is 59.4 Å². The molecule has 3 heterocycles. The van der Waals surface area contributed by atoms with Gasteiger partial charge in [0.15, 0.2) is 6.29 Å². The Kier molecular flexibility index (Phi) is 6.81. The maximum Gasteiger partial charge on any atom is 0.232 e. The minimum absolute atomic E-state index is 0.00513. The highest BCUT2D eigenvalue weighted by molar-refractivity contribution is 7.99. The lowest BCUT2D eigenvalue weighted by atomic mass is 10.1. The van der Waals surface area contributed by atoms with E-state index in [4.69, 9.17) is 10.5 Å². The van der Waals surface area contributed by atoms with E-state index in [1.54, 1.807) is 24.5 Å². The fraction of sp³-hybridized carbons (Fsp3) is 0.273. The summed E-state index contributed by atoms with van der Waals surface area (Å²) in [7, 11) is 2.09. The number of nitrogens with zero attached hydrogens (tertiary/aromatic N) is 5. The lowest BCUT2D eigenvalue weighted by molar-refractivity contribution is 0.111. The van der Waals surface area contributed by atoms with Gasteiger partial charge >= 0.3 is 0 Å². The van der Waals surface area contributed by atoms with E-state index in [0.29, 0.717) is 34.4 Å². The zero-order valence-corrected chi connectivity index (χ0v) is 18.4. The van der Waals surface area contributed by atoms with Crippen molar-refractivity contribution in [3.63, 3.8) is 0 Å². The molecule has 0 aliphatic carbocycles. The first-order valence-electron chi connectivity index (χ1n) is 10.1. The number of aromatic nitrogens is 3. The number of nitrogen functional groups attached to an aromatic ring is 1. The smallest absolute Gasteiger partial charge is 0.232 e. The van der Waals surface area contributed by atoms with Gasteiger partial charge in [-0.2, -0.15) is 4.98 Å². The lowest BCUT2D eigenvalue weighted by Crippen LogP contribution is -2.45. The third-order valence-corrected chi connectivity index (χ3v) is 6.02. The molecule has 0 radical (unpaired) electrons. The highest BCUT2D eigenvalue weighted by Crippen LogP contribution is 2.34. The number of nitrogens with two attached hydrogens (primary N) is 1. The van der Waals surface area contributed by atoms with Crippen LogP contribution in [0.2, 0.25) is 0 Å². The second-order valence-electron chi connectivity index (χ2n) is 7.41. The second-order valence-corrected chi connectivity index (χ2v) is 8.53. The van der Waals surface area contributed by atoms with Gasteiger partial charge in [0.1, 0.15) is 18.2 Å². The summed E-state index contributed by atoms with van der Waals surface area (Å²) in [6, 6.07) is 7.90. The van der Waals surface area contributed by atoms with Crippen LogP contribution in [-0.2, 0) is 6.61 Å². The van der Waals surface area contributed by atoms with Crippen LogP contribution in [0.5, 0.6) is 5.88 Å². The van der Waals surface area contributed by atoms with E-state index in [2.05, 4.69) is 31.8 Å². The number of hydrogen-bond donors (Lipinski definition) is 1. The van der Waals surface area contributed by atoms with Gasteiger partial charge in [-0.05, 0) is 36.9 Å². The number of ether oxygens (including phenoxy) is 1. The summed E-state index contributed by atoms with van der Waals surface area (Å²) in [5, 5.41) is 0. The average molecular weight is 455 g/mol. The van der Waals surface area contributed by atoms with Crippen LogP contribution >= 0.6 is 11.8 Å². The molecule has 1 aliphatic rings. The van der Waals surface area contributed by atoms with Gasteiger partial charge in [-0.3, -0.25) is 4.79 Å². The van der Waals surface area contributed by atoms with Crippen LogP contribution < -0.4 is 15.4 Å². The predicted molar refractivity (Wildman–Crippen MR) is 121 cm³/mol. The molecule has 0 spiro atoms. The Bertz CT molecular complexity index is 1090. The number of rotatable bonds is 7. The van der Waals surface area contributed by atoms with E-state index >= 15 is 0 Å². The maximum absolute atomic E-state index is 13.6. The maximum atomic E-state index is 13.6. The summed E-state index contributed by atoms with van der Waals surface area (Å²) >= 11 is 1.41. The molecular formula is C22H23FN6O2S. The standard InChI is InChI=1S/C22H23FN6O2S/c1-28-6-8-29(9-7-28)22-26-12-19(32-17-3-5-20(24)25-11-17)21(27-22)31-14-15-2-4-18(23)16(10-15)13-30/h2-5,10-13H,6-9,14H2,1H3,(H2,24,25). The normalized spacial score (nSPS) is 14.4. The van der Waals surface area contributed by atoms with Gasteiger partial charge in [-0.15, -0.1) is 0 Å². The van der Waals surface area contributed by atoms with Crippen molar-refractivity contribution in [1.82, 2.24) is 19.9 Å². The largest absolute Gasteiger partial charge is 0.472 e. The van der Waals surface area contributed by atoms with Gasteiger partial charge in [-0.25, -0.2) is 14.4 Å². The van der Waals surface area contributed by atoms with Crippen molar-refractivity contribution >= 4 is 29.8 Å². The highest BCUT2D eigenvalue weighted by atomic mass is 32.2. The number of halogens is 1. The first-order valence-corrected chi connectivity index (χ1v) is 10.9. The number of hydrogen-bond acceptors (Lipinski definition) is 9. The van der Waals surface area contributed by atoms with Gasteiger partial charge < -0.3 is 20.3 Å². The van der Waals surface area contributed by atoms with Crippen molar-refractivity contribution in [3.8, 4) is 5.88 Å². The molecular weight excluding hydrogens is 431 g/mol. The van der Waals surface area contributed by atoms with Gasteiger partial charge in [0, 0.05) is 37.3 Å². The number of likely N-dealkylation sites (N-methyl/N-ethyl adjacent to an activating group) is 1. The number of pyridine rings is 1. The van der Waals surface area contributed by atoms with Crippen molar-refractivity contribution in [2.75, 3.05) is 43.9 Å². The molecule has 0 bridgehead atoms. The van der Waals surface area contributed by atoms with Crippen LogP contribution in [0.4, 0.5) is 16.2 Å². The monoisotopic (exact) mass is 454 g/mol. The Morgan fingerprint density at radius 3 is 2.69 bits per heavy atom. The van der Waals surface area contributed by atoms with Crippen LogP contribution in [0.15, 0.2) is 52.5 Å². The average Bonchev–Trinajstić information content (AvgIpc) is 2.81. The lowest BCUT2D eigenvalue weighted by Gasteiger charge is -2.32. The van der Waals surface area contributed by atoms with E-state index in [1.165, 1.54) is 23.9 Å². The van der Waals surface area contributed by atoms with Crippen LogP contribution in [0, 0.1) is 5.82 Å². The second kappa shape index (κ2) is 9.92. The molecule has 32 heavy (non-hydrogen) atoms. The molecule has 8 nitrogen and oxygen atoms in total. The van der Waals surface area contributed by atoms with E-state index in [-0.39, 0.29) is 12.2 Å². The summed E-state index contributed by atoms with van der Waals surface area (Å²) < 4.78 is 19.7. The SMILES string of the molecule is CN1CCN(c2ncc(Sc3ccc(N)nc3)c(OCc3ccc(F)c(C=O)c3)n2)CC1. The van der Waals surface area contributed by atoms with Gasteiger partial charge in [-0.1, -0.05) is 17.8 Å². The number of anilines is 2. The number of piperazine rings is 1. The molecule has 2 N–H and O–H groups in total. The zero-order valence-electron chi connectivity index (χ0n) is 17.6. The molecule has 0 atom stereocenters. The number of benzene rings is 1. The molecule has 1 saturated heterocycles. The fourth-order valence-corrected chi connectivity index (χ4v) is 3.98. The Balaban J connectivity index is 1.58. The van der Waals surface area contributed by atoms with E-state index in [1.807, 2.05) is 6.07 Å². The number of aldehydes is 1. The highest BCUT2D eigenvalue weighted by Gasteiger charge is 2.19. The minimum Gasteiger partial charge on any atom is -0.472 e. The summed E-state index contributed by atoms with van der Waals surface area (Å²) in [6.45, 7) is 3.64. The third-order valence-electron chi connectivity index (χ3n) is 5.05. The van der Waals surface area contributed by atoms with Gasteiger partial charge in [0.2, 0.25) is 11.8 Å². The van der Waals surface area contributed by atoms with Crippen molar-refractivity contribution < 1.29 is 13.9 Å². The number of carbonyl (C=O) groups excluding carboxylic acids is 1. The first-order chi connectivity index (χ1) is 15.5. The molecule has 2 aromatic heterocycles. The predicted octanol–water partition coefficient (Wildman–Crippen LogP) is 2.89. The Morgan fingerprint density at radius 1 is 1.16 bits per heavy atom. The topological polar surface area (TPSA) is 97.5 Å². The van der Waals surface area contributed by atoms with Gasteiger partial charge in [0.25, 0.3) is 0 Å². The molecule has 1 fully saturated rings. The molecule has 4 rings (SSSR count). The van der Waals surface area contributed by atoms with Crippen LogP contribution in [0.25, 0.3) is 0 Å². The quantitative estimate of drug-likeness (QED) is 0.540. The van der Waals surface area contributed by atoms with E-state index < -0.39 is 5.82 Å². The van der Waals surface area contributed by atoms with E-state index in [9.17, 15) is 9.18 Å². The summed E-state index contributed by atoms with van der Waals surface area (Å²) in [4.78, 5) is 30.3. The van der Waals surface area contributed by atoms with Gasteiger partial charge in [0.05, 0.1) is 16.7 Å². The molecule has 166 valence electrons. The van der Waals surface area contributed by atoms with Crippen molar-refractivity contribution in [1.29, 1.82) is 0 Å². The van der Waals surface area contributed by atoms with Crippen molar-refractivity contribution in [2.45, 2.75) is 16.4 Å². The molecule has 1 aromatic carbocycles. The van der Waals surface area contributed by atoms with Crippen molar-refractivity contribution in [3.05, 3.63) is 59.7 Å². The third kappa shape index (κ3) is 5.32. The Labute approximate surface area is 189 Å². The minimum atomic E-state index is -0.560. The van der Waals surface area contributed by atoms with E-state index in [0.717, 1.165) is 31.1 Å². The zero-order chi connectivity index (χ0) is 22.5. The summed E-state index contributed by atoms with van der Waals surface area (Å²) in [5.74, 6) is 0.887. The Hall–Kier alpha value is -3.24. The Morgan fingerprint density at radius 2 is 1.97 bits per heavy atom. The molecule has 3 aromatic rings. The summed E-state index contributed by atoms with van der Waals surface area (Å²) in [5.41, 5.74) is 6.34. The first kappa shape index (κ1) is 22.0. The van der Waals surface area contributed by atoms with Crippen LogP contribution in [0.3, 0.4) is 0 Å². The summed E-state index contributed by atoms with van der Waals surface area (Å²) in [6.07, 6.45) is 3.90. The van der Waals surface area contributed by atoms with Crippen molar-refractivity contribution in [2.24, 2.45) is 0 Å². The molecule has 0 unspecified atom stereocenters. The molecule has 10 heteroatoms.